The summed E-state index contributed by atoms with van der Waals surface area (Å²) in [5.41, 5.74) is 0.971. The van der Waals surface area contributed by atoms with E-state index in [2.05, 4.69) is 5.32 Å². The zero-order valence-electron chi connectivity index (χ0n) is 8.33. The van der Waals surface area contributed by atoms with E-state index >= 15 is 0 Å². The molecule has 1 rings (SSSR count). The highest BCUT2D eigenvalue weighted by Crippen LogP contribution is 2.07. The van der Waals surface area contributed by atoms with E-state index in [4.69, 9.17) is 5.11 Å². The van der Waals surface area contributed by atoms with Gasteiger partial charge in [-0.3, -0.25) is 0 Å². The monoisotopic (exact) mass is 197 g/mol. The van der Waals surface area contributed by atoms with Crippen LogP contribution >= 0.6 is 0 Å². The normalized spacial score (nSPS) is 12.8. The Hall–Kier alpha value is -0.930. The summed E-state index contributed by atoms with van der Waals surface area (Å²) < 4.78 is 12.8. The molecule has 1 aromatic rings. The number of hydrogen-bond acceptors (Lipinski definition) is 2. The smallest absolute Gasteiger partial charge is 0.123 e. The van der Waals surface area contributed by atoms with Gasteiger partial charge >= 0.3 is 0 Å². The summed E-state index contributed by atoms with van der Waals surface area (Å²) in [6, 6.07) is 6.67. The first-order chi connectivity index (χ1) is 6.76. The summed E-state index contributed by atoms with van der Waals surface area (Å²) in [6.45, 7) is 0.117. The molecule has 0 fully saturated rings. The van der Waals surface area contributed by atoms with Gasteiger partial charge in [0.2, 0.25) is 0 Å². The van der Waals surface area contributed by atoms with Gasteiger partial charge in [-0.05, 0) is 37.6 Å². The van der Waals surface area contributed by atoms with Crippen molar-refractivity contribution in [2.24, 2.45) is 0 Å². The quantitative estimate of drug-likeness (QED) is 0.746. The van der Waals surface area contributed by atoms with Crippen molar-refractivity contribution in [1.29, 1.82) is 0 Å². The van der Waals surface area contributed by atoms with Crippen LogP contribution in [0.2, 0.25) is 0 Å². The van der Waals surface area contributed by atoms with Crippen LogP contribution < -0.4 is 5.32 Å². The number of likely N-dealkylation sites (N-methyl/N-ethyl adjacent to an activating group) is 1. The topological polar surface area (TPSA) is 32.3 Å². The number of rotatable bonds is 5. The third kappa shape index (κ3) is 3.44. The second-order valence-corrected chi connectivity index (χ2v) is 3.34. The van der Waals surface area contributed by atoms with Crippen molar-refractivity contribution in [2.75, 3.05) is 13.7 Å². The molecule has 14 heavy (non-hydrogen) atoms. The molecule has 3 heteroatoms. The molecule has 0 saturated carbocycles. The number of aliphatic hydroxyl groups is 1. The second-order valence-electron chi connectivity index (χ2n) is 3.34. The van der Waals surface area contributed by atoms with Crippen LogP contribution in [0.3, 0.4) is 0 Å². The number of aryl methyl sites for hydroxylation is 1. The number of aliphatic hydroxyl groups excluding tert-OH is 1. The van der Waals surface area contributed by atoms with Crippen LogP contribution in [0.4, 0.5) is 4.39 Å². The van der Waals surface area contributed by atoms with E-state index in [1.807, 2.05) is 13.1 Å². The van der Waals surface area contributed by atoms with E-state index in [1.165, 1.54) is 12.1 Å². The Morgan fingerprint density at radius 1 is 1.50 bits per heavy atom. The molecule has 0 bridgehead atoms. The fraction of sp³-hybridized carbons (Fsp3) is 0.455. The predicted octanol–water partition coefficient (Wildman–Crippen LogP) is 1.34. The Morgan fingerprint density at radius 2 is 2.29 bits per heavy atom. The van der Waals surface area contributed by atoms with Gasteiger partial charge in [0.25, 0.3) is 0 Å². The third-order valence-electron chi connectivity index (χ3n) is 2.30. The third-order valence-corrected chi connectivity index (χ3v) is 2.30. The Morgan fingerprint density at radius 3 is 2.86 bits per heavy atom. The van der Waals surface area contributed by atoms with E-state index in [-0.39, 0.29) is 18.5 Å². The molecule has 1 unspecified atom stereocenters. The lowest BCUT2D eigenvalue weighted by atomic mass is 10.1. The van der Waals surface area contributed by atoms with Gasteiger partial charge in [0.05, 0.1) is 6.61 Å². The molecule has 0 aliphatic rings. The van der Waals surface area contributed by atoms with E-state index in [1.54, 1.807) is 6.07 Å². The van der Waals surface area contributed by atoms with E-state index in [0.29, 0.717) is 0 Å². The summed E-state index contributed by atoms with van der Waals surface area (Å²) >= 11 is 0. The molecular formula is C11H16FNO. The molecule has 0 aliphatic heterocycles. The molecular weight excluding hydrogens is 181 g/mol. The van der Waals surface area contributed by atoms with Crippen LogP contribution in [-0.4, -0.2) is 24.8 Å². The van der Waals surface area contributed by atoms with Gasteiger partial charge in [0.1, 0.15) is 5.82 Å². The van der Waals surface area contributed by atoms with Gasteiger partial charge in [0.15, 0.2) is 0 Å². The fourth-order valence-corrected chi connectivity index (χ4v) is 1.36. The molecule has 0 heterocycles. The maximum Gasteiger partial charge on any atom is 0.123 e. The first kappa shape index (κ1) is 11.1. The number of halogens is 1. The Balaban J connectivity index is 2.44. The van der Waals surface area contributed by atoms with Gasteiger partial charge in [-0.15, -0.1) is 0 Å². The van der Waals surface area contributed by atoms with E-state index in [0.717, 1.165) is 18.4 Å². The minimum Gasteiger partial charge on any atom is -0.395 e. The second kappa shape index (κ2) is 5.73. The number of nitrogens with one attached hydrogen (secondary N) is 1. The summed E-state index contributed by atoms with van der Waals surface area (Å²) in [6.07, 6.45) is 1.60. The molecule has 78 valence electrons. The maximum atomic E-state index is 12.8. The van der Waals surface area contributed by atoms with Gasteiger partial charge in [0, 0.05) is 6.04 Å². The van der Waals surface area contributed by atoms with Gasteiger partial charge < -0.3 is 10.4 Å². The number of hydrogen-bond donors (Lipinski definition) is 2. The van der Waals surface area contributed by atoms with E-state index in [9.17, 15) is 4.39 Å². The summed E-state index contributed by atoms with van der Waals surface area (Å²) in [7, 11) is 1.81. The molecule has 2 nitrogen and oxygen atoms in total. The standard InChI is InChI=1S/C11H16FNO/c1-13-11(8-14)6-5-9-3-2-4-10(12)7-9/h2-4,7,11,13-14H,5-6,8H2,1H3. The lowest BCUT2D eigenvalue weighted by molar-refractivity contribution is 0.242. The number of benzene rings is 1. The molecule has 0 spiro atoms. The van der Waals surface area contributed by atoms with Crippen molar-refractivity contribution < 1.29 is 9.50 Å². The van der Waals surface area contributed by atoms with Crippen molar-refractivity contribution in [3.8, 4) is 0 Å². The van der Waals surface area contributed by atoms with Gasteiger partial charge in [-0.1, -0.05) is 12.1 Å². The molecule has 0 saturated heterocycles. The van der Waals surface area contributed by atoms with Crippen molar-refractivity contribution in [3.63, 3.8) is 0 Å². The van der Waals surface area contributed by atoms with Crippen LogP contribution in [0.25, 0.3) is 0 Å². The molecule has 0 aliphatic carbocycles. The summed E-state index contributed by atoms with van der Waals surface area (Å²) in [5, 5.41) is 11.9. The molecule has 0 aromatic heterocycles. The Kier molecular flexibility index (Phi) is 4.56. The highest BCUT2D eigenvalue weighted by atomic mass is 19.1. The minimum atomic E-state index is -0.201. The first-order valence-electron chi connectivity index (χ1n) is 4.79. The van der Waals surface area contributed by atoms with Crippen LogP contribution in [0.5, 0.6) is 0 Å². The zero-order valence-corrected chi connectivity index (χ0v) is 8.33. The van der Waals surface area contributed by atoms with Crippen molar-refractivity contribution in [2.45, 2.75) is 18.9 Å². The largest absolute Gasteiger partial charge is 0.395 e. The summed E-state index contributed by atoms with van der Waals surface area (Å²) in [5.74, 6) is -0.201. The van der Waals surface area contributed by atoms with Gasteiger partial charge in [-0.2, -0.15) is 0 Å². The average molecular weight is 197 g/mol. The Labute approximate surface area is 83.8 Å². The Bertz CT molecular complexity index is 274. The van der Waals surface area contributed by atoms with Crippen LogP contribution in [0.15, 0.2) is 24.3 Å². The molecule has 1 aromatic carbocycles. The highest BCUT2D eigenvalue weighted by molar-refractivity contribution is 5.16. The first-order valence-corrected chi connectivity index (χ1v) is 4.79. The molecule has 0 amide bonds. The van der Waals surface area contributed by atoms with Crippen molar-refractivity contribution >= 4 is 0 Å². The van der Waals surface area contributed by atoms with Crippen LogP contribution in [-0.2, 0) is 6.42 Å². The minimum absolute atomic E-state index is 0.0956. The fourth-order valence-electron chi connectivity index (χ4n) is 1.36. The molecule has 0 radical (unpaired) electrons. The molecule has 1 atom stereocenters. The molecule has 2 N–H and O–H groups in total. The SMILES string of the molecule is CNC(CO)CCc1cccc(F)c1. The van der Waals surface area contributed by atoms with Crippen molar-refractivity contribution in [3.05, 3.63) is 35.6 Å². The summed E-state index contributed by atoms with van der Waals surface area (Å²) in [4.78, 5) is 0. The lowest BCUT2D eigenvalue weighted by Crippen LogP contribution is -2.29. The van der Waals surface area contributed by atoms with Crippen molar-refractivity contribution in [1.82, 2.24) is 5.32 Å². The average Bonchev–Trinajstić information content (AvgIpc) is 2.19. The maximum absolute atomic E-state index is 12.8. The zero-order chi connectivity index (χ0) is 10.4. The predicted molar refractivity (Wildman–Crippen MR) is 54.7 cm³/mol. The van der Waals surface area contributed by atoms with E-state index < -0.39 is 0 Å². The van der Waals surface area contributed by atoms with Crippen LogP contribution in [0, 0.1) is 5.82 Å². The van der Waals surface area contributed by atoms with Gasteiger partial charge in [-0.25, -0.2) is 4.39 Å². The van der Waals surface area contributed by atoms with Crippen LogP contribution in [0.1, 0.15) is 12.0 Å². The lowest BCUT2D eigenvalue weighted by Gasteiger charge is -2.12. The highest BCUT2D eigenvalue weighted by Gasteiger charge is 2.04.